The average molecular weight is 483 g/mol. The summed E-state index contributed by atoms with van der Waals surface area (Å²) >= 11 is 0. The maximum absolute atomic E-state index is 13.2. The Morgan fingerprint density at radius 3 is 2.63 bits per heavy atom. The van der Waals surface area contributed by atoms with E-state index >= 15 is 0 Å². The van der Waals surface area contributed by atoms with Crippen LogP contribution in [0.15, 0.2) is 42.5 Å². The van der Waals surface area contributed by atoms with E-state index < -0.39 is 11.7 Å². The van der Waals surface area contributed by atoms with Crippen LogP contribution in [0.25, 0.3) is 16.6 Å². The number of benzene rings is 2. The van der Waals surface area contributed by atoms with E-state index in [0.717, 1.165) is 24.3 Å². The minimum absolute atomic E-state index is 0.0843. The SMILES string of the molecule is COc1cccc2c1nc(N)n1nc(CN3CCN(c4cccc(C(F)(F)F)c4)CC34CC4)nc21. The van der Waals surface area contributed by atoms with Crippen LogP contribution in [-0.2, 0) is 12.7 Å². The highest BCUT2D eigenvalue weighted by atomic mass is 19.4. The molecule has 0 amide bonds. The topological polar surface area (TPSA) is 84.8 Å². The van der Waals surface area contributed by atoms with Crippen LogP contribution >= 0.6 is 0 Å². The molecule has 11 heteroatoms. The number of anilines is 2. The number of aromatic nitrogens is 4. The monoisotopic (exact) mass is 483 g/mol. The van der Waals surface area contributed by atoms with Gasteiger partial charge in [0.2, 0.25) is 5.95 Å². The summed E-state index contributed by atoms with van der Waals surface area (Å²) in [6.07, 6.45) is -2.38. The van der Waals surface area contributed by atoms with Gasteiger partial charge in [-0.05, 0) is 43.2 Å². The molecule has 0 atom stereocenters. The zero-order valence-corrected chi connectivity index (χ0v) is 19.1. The second-order valence-corrected chi connectivity index (χ2v) is 9.21. The molecule has 3 heterocycles. The van der Waals surface area contributed by atoms with Crippen molar-refractivity contribution in [2.75, 3.05) is 37.4 Å². The first kappa shape index (κ1) is 21.9. The van der Waals surface area contributed by atoms with Crippen molar-refractivity contribution < 1.29 is 17.9 Å². The van der Waals surface area contributed by atoms with Crippen molar-refractivity contribution in [3.8, 4) is 5.75 Å². The molecule has 2 aromatic heterocycles. The lowest BCUT2D eigenvalue weighted by atomic mass is 10.1. The first-order chi connectivity index (χ1) is 16.8. The number of nitrogen functional groups attached to an aromatic ring is 1. The normalized spacial score (nSPS) is 18.0. The molecule has 2 fully saturated rings. The van der Waals surface area contributed by atoms with Crippen molar-refractivity contribution in [3.05, 3.63) is 53.9 Å². The first-order valence-corrected chi connectivity index (χ1v) is 11.4. The fourth-order valence-corrected chi connectivity index (χ4v) is 5.05. The van der Waals surface area contributed by atoms with Gasteiger partial charge in [-0.2, -0.15) is 17.7 Å². The van der Waals surface area contributed by atoms with E-state index in [1.807, 2.05) is 18.2 Å². The summed E-state index contributed by atoms with van der Waals surface area (Å²) in [6, 6.07) is 11.2. The fourth-order valence-electron chi connectivity index (χ4n) is 5.05. The molecular formula is C24H24F3N7O. The van der Waals surface area contributed by atoms with Crippen molar-refractivity contribution in [3.63, 3.8) is 0 Å². The standard InChI is InChI=1S/C24H24F3N7O/c1-35-18-7-3-6-17-20(18)30-22(28)34-21(17)29-19(31-34)13-33-11-10-32(14-23(33)8-9-23)16-5-2-4-15(12-16)24(25,26)27/h2-7,12H,8-11,13-14H2,1H3,(H2,28,30). The maximum atomic E-state index is 13.2. The minimum Gasteiger partial charge on any atom is -0.494 e. The summed E-state index contributed by atoms with van der Waals surface area (Å²) < 4.78 is 46.6. The molecule has 1 aliphatic carbocycles. The van der Waals surface area contributed by atoms with Gasteiger partial charge in [0.15, 0.2) is 11.5 Å². The van der Waals surface area contributed by atoms with Gasteiger partial charge in [-0.3, -0.25) is 4.90 Å². The summed E-state index contributed by atoms with van der Waals surface area (Å²) in [5, 5.41) is 5.42. The smallest absolute Gasteiger partial charge is 0.416 e. The van der Waals surface area contributed by atoms with E-state index in [2.05, 4.69) is 19.9 Å². The van der Waals surface area contributed by atoms with E-state index in [1.165, 1.54) is 12.1 Å². The second kappa shape index (κ2) is 7.70. The second-order valence-electron chi connectivity index (χ2n) is 9.21. The lowest BCUT2D eigenvalue weighted by molar-refractivity contribution is -0.137. The van der Waals surface area contributed by atoms with Gasteiger partial charge in [0, 0.05) is 36.2 Å². The minimum atomic E-state index is -4.35. The lowest BCUT2D eigenvalue weighted by Gasteiger charge is -2.43. The number of hydrogen-bond donors (Lipinski definition) is 1. The Hall–Kier alpha value is -3.60. The van der Waals surface area contributed by atoms with Crippen LogP contribution in [0.4, 0.5) is 24.8 Å². The molecule has 35 heavy (non-hydrogen) atoms. The quantitative estimate of drug-likeness (QED) is 0.473. The summed E-state index contributed by atoms with van der Waals surface area (Å²) in [6.45, 7) is 2.53. The largest absolute Gasteiger partial charge is 0.494 e. The third-order valence-corrected chi connectivity index (χ3v) is 7.05. The van der Waals surface area contributed by atoms with Gasteiger partial charge < -0.3 is 15.4 Å². The summed E-state index contributed by atoms with van der Waals surface area (Å²) in [5.74, 6) is 1.47. The van der Waals surface area contributed by atoms with Crippen molar-refractivity contribution in [1.29, 1.82) is 0 Å². The Morgan fingerprint density at radius 2 is 1.89 bits per heavy atom. The van der Waals surface area contributed by atoms with Gasteiger partial charge >= 0.3 is 6.18 Å². The highest BCUT2D eigenvalue weighted by molar-refractivity contribution is 5.95. The highest BCUT2D eigenvalue weighted by Crippen LogP contribution is 2.46. The highest BCUT2D eigenvalue weighted by Gasteiger charge is 2.51. The van der Waals surface area contributed by atoms with Crippen molar-refractivity contribution in [2.45, 2.75) is 31.1 Å². The molecule has 2 aliphatic rings. The third-order valence-electron chi connectivity index (χ3n) is 7.05. The Morgan fingerprint density at radius 1 is 1.09 bits per heavy atom. The van der Waals surface area contributed by atoms with E-state index in [1.54, 1.807) is 17.7 Å². The summed E-state index contributed by atoms with van der Waals surface area (Å²) in [7, 11) is 1.58. The van der Waals surface area contributed by atoms with Gasteiger partial charge in [0.25, 0.3) is 0 Å². The summed E-state index contributed by atoms with van der Waals surface area (Å²) in [5.41, 5.74) is 7.33. The van der Waals surface area contributed by atoms with Crippen molar-refractivity contribution in [1.82, 2.24) is 24.5 Å². The molecule has 0 radical (unpaired) electrons. The maximum Gasteiger partial charge on any atom is 0.416 e. The molecule has 1 saturated heterocycles. The number of ether oxygens (including phenoxy) is 1. The molecular weight excluding hydrogens is 459 g/mol. The molecule has 6 rings (SSSR count). The molecule has 1 spiro atoms. The molecule has 182 valence electrons. The number of rotatable bonds is 4. The Labute approximate surface area is 199 Å². The van der Waals surface area contributed by atoms with Crippen LogP contribution in [0.2, 0.25) is 0 Å². The zero-order valence-electron chi connectivity index (χ0n) is 19.1. The molecule has 1 saturated carbocycles. The van der Waals surface area contributed by atoms with Crippen LogP contribution in [0.5, 0.6) is 5.75 Å². The molecule has 8 nitrogen and oxygen atoms in total. The number of hydrogen-bond acceptors (Lipinski definition) is 7. The van der Waals surface area contributed by atoms with Crippen LogP contribution in [0, 0.1) is 0 Å². The van der Waals surface area contributed by atoms with E-state index in [9.17, 15) is 13.2 Å². The van der Waals surface area contributed by atoms with E-state index in [4.69, 9.17) is 15.5 Å². The van der Waals surface area contributed by atoms with Crippen molar-refractivity contribution >= 4 is 28.2 Å². The van der Waals surface area contributed by atoms with Crippen LogP contribution < -0.4 is 15.4 Å². The third kappa shape index (κ3) is 3.70. The van der Waals surface area contributed by atoms with Crippen LogP contribution in [0.3, 0.4) is 0 Å². The average Bonchev–Trinajstić information content (AvgIpc) is 3.47. The van der Waals surface area contributed by atoms with E-state index in [0.29, 0.717) is 54.6 Å². The predicted octanol–water partition coefficient (Wildman–Crippen LogP) is 3.74. The van der Waals surface area contributed by atoms with Gasteiger partial charge in [-0.15, -0.1) is 5.10 Å². The lowest BCUT2D eigenvalue weighted by Crippen LogP contribution is -2.54. The number of nitrogens with two attached hydrogens (primary N) is 1. The van der Waals surface area contributed by atoms with E-state index in [-0.39, 0.29) is 11.5 Å². The molecule has 0 bridgehead atoms. The van der Waals surface area contributed by atoms with Gasteiger partial charge in [0.05, 0.1) is 19.2 Å². The molecule has 0 unspecified atom stereocenters. The number of fused-ring (bicyclic) bond motifs is 3. The van der Waals surface area contributed by atoms with Gasteiger partial charge in [0.1, 0.15) is 11.3 Å². The molecule has 4 aromatic rings. The van der Waals surface area contributed by atoms with Crippen molar-refractivity contribution in [2.24, 2.45) is 0 Å². The Bertz CT molecular complexity index is 1430. The zero-order chi connectivity index (χ0) is 24.4. The number of methoxy groups -OCH3 is 1. The number of piperazine rings is 1. The van der Waals surface area contributed by atoms with Gasteiger partial charge in [-0.25, -0.2) is 9.97 Å². The first-order valence-electron chi connectivity index (χ1n) is 11.4. The van der Waals surface area contributed by atoms with Crippen LogP contribution in [0.1, 0.15) is 24.2 Å². The number of alkyl halides is 3. The summed E-state index contributed by atoms with van der Waals surface area (Å²) in [4.78, 5) is 13.6. The molecule has 1 aliphatic heterocycles. The predicted molar refractivity (Wildman–Crippen MR) is 125 cm³/mol. The number of para-hydroxylation sites is 1. The Kier molecular flexibility index (Phi) is 4.82. The van der Waals surface area contributed by atoms with Gasteiger partial charge in [-0.1, -0.05) is 12.1 Å². The fraction of sp³-hybridized carbons (Fsp3) is 0.375. The molecule has 2 aromatic carbocycles. The number of nitrogens with zero attached hydrogens (tertiary/aromatic N) is 6. The Balaban J connectivity index is 1.26. The number of halogens is 3. The van der Waals surface area contributed by atoms with Crippen LogP contribution in [-0.4, -0.2) is 56.8 Å². The molecule has 2 N–H and O–H groups in total.